The maximum absolute atomic E-state index is 12.4. The van der Waals surface area contributed by atoms with Crippen LogP contribution in [-0.2, 0) is 22.6 Å². The second kappa shape index (κ2) is 10.6. The first-order valence-electron chi connectivity index (χ1n) is 11.0. The second-order valence-electron chi connectivity index (χ2n) is 8.08. The molecule has 1 saturated carbocycles. The van der Waals surface area contributed by atoms with Crippen LogP contribution < -0.4 is 15.4 Å². The van der Waals surface area contributed by atoms with E-state index in [2.05, 4.69) is 27.9 Å². The van der Waals surface area contributed by atoms with Crippen LogP contribution in [0, 0.1) is 0 Å². The molecule has 0 aliphatic heterocycles. The van der Waals surface area contributed by atoms with Crippen molar-refractivity contribution in [2.24, 2.45) is 0 Å². The van der Waals surface area contributed by atoms with E-state index in [0.717, 1.165) is 24.8 Å². The van der Waals surface area contributed by atoms with Gasteiger partial charge >= 0.3 is 0 Å². The van der Waals surface area contributed by atoms with Crippen LogP contribution in [0.2, 0.25) is 0 Å². The number of rotatable bonds is 9. The standard InChI is InChI=1S/C25H28N4O3/c30-24(27-21-11-5-6-12-21)17-29-16-22(15-26-29)28-25(31)18-32-23-13-7-4-10-20(23)14-19-8-2-1-3-9-19/h1-4,7-10,13,15-16,21H,5-6,11-12,14,17-18H2,(H,27,30)(H,28,31). The van der Waals surface area contributed by atoms with E-state index in [1.54, 1.807) is 6.20 Å². The Morgan fingerprint density at radius 2 is 1.75 bits per heavy atom. The molecule has 0 spiro atoms. The molecular weight excluding hydrogens is 404 g/mol. The maximum Gasteiger partial charge on any atom is 0.262 e. The number of para-hydroxylation sites is 1. The SMILES string of the molecule is O=C(COc1ccccc1Cc1ccccc1)Nc1cnn(CC(=O)NC2CCCC2)c1. The fourth-order valence-electron chi connectivity index (χ4n) is 3.95. The highest BCUT2D eigenvalue weighted by Gasteiger charge is 2.17. The lowest BCUT2D eigenvalue weighted by atomic mass is 10.0. The van der Waals surface area contributed by atoms with Gasteiger partial charge in [0.15, 0.2) is 6.61 Å². The van der Waals surface area contributed by atoms with E-state index in [4.69, 9.17) is 4.74 Å². The van der Waals surface area contributed by atoms with E-state index in [1.165, 1.54) is 29.3 Å². The second-order valence-corrected chi connectivity index (χ2v) is 8.08. The van der Waals surface area contributed by atoms with Crippen LogP contribution in [-0.4, -0.2) is 34.2 Å². The Balaban J connectivity index is 1.26. The van der Waals surface area contributed by atoms with Gasteiger partial charge in [-0.05, 0) is 30.0 Å². The van der Waals surface area contributed by atoms with E-state index < -0.39 is 0 Å². The third-order valence-corrected chi connectivity index (χ3v) is 5.51. The maximum atomic E-state index is 12.4. The largest absolute Gasteiger partial charge is 0.483 e. The predicted octanol–water partition coefficient (Wildman–Crippen LogP) is 3.55. The number of carbonyl (C=O) groups excluding carboxylic acids is 2. The van der Waals surface area contributed by atoms with E-state index in [0.29, 0.717) is 11.4 Å². The zero-order valence-corrected chi connectivity index (χ0v) is 18.0. The number of amides is 2. The predicted molar refractivity (Wildman–Crippen MR) is 122 cm³/mol. The van der Waals surface area contributed by atoms with Gasteiger partial charge in [-0.3, -0.25) is 14.3 Å². The van der Waals surface area contributed by atoms with E-state index >= 15 is 0 Å². The fraction of sp³-hybridized carbons (Fsp3) is 0.320. The number of anilines is 1. The third-order valence-electron chi connectivity index (χ3n) is 5.51. The van der Waals surface area contributed by atoms with Crippen molar-refractivity contribution in [1.82, 2.24) is 15.1 Å². The molecule has 0 radical (unpaired) electrons. The Kier molecular flexibility index (Phi) is 7.17. The van der Waals surface area contributed by atoms with Crippen molar-refractivity contribution in [2.45, 2.75) is 44.7 Å². The molecule has 4 rings (SSSR count). The summed E-state index contributed by atoms with van der Waals surface area (Å²) in [6.07, 6.45) is 8.33. The van der Waals surface area contributed by atoms with Gasteiger partial charge in [0.2, 0.25) is 5.91 Å². The molecule has 0 unspecified atom stereocenters. The molecule has 1 fully saturated rings. The number of nitrogens with zero attached hydrogens (tertiary/aromatic N) is 2. The molecule has 0 bridgehead atoms. The summed E-state index contributed by atoms with van der Waals surface area (Å²) in [5.41, 5.74) is 2.73. The molecule has 1 heterocycles. The molecule has 0 saturated heterocycles. The van der Waals surface area contributed by atoms with Crippen molar-refractivity contribution in [3.05, 3.63) is 78.1 Å². The molecule has 1 aliphatic carbocycles. The van der Waals surface area contributed by atoms with Crippen LogP contribution in [0.25, 0.3) is 0 Å². The van der Waals surface area contributed by atoms with Crippen LogP contribution in [0.5, 0.6) is 5.75 Å². The van der Waals surface area contributed by atoms with E-state index in [1.807, 2.05) is 42.5 Å². The Bertz CT molecular complexity index is 1040. The average molecular weight is 433 g/mol. The normalized spacial score (nSPS) is 13.6. The summed E-state index contributed by atoms with van der Waals surface area (Å²) in [6.45, 7) is 0.0227. The van der Waals surface area contributed by atoms with Crippen LogP contribution in [0.15, 0.2) is 67.0 Å². The number of carbonyl (C=O) groups is 2. The number of hydrogen-bond acceptors (Lipinski definition) is 4. The number of ether oxygens (including phenoxy) is 1. The molecule has 166 valence electrons. The molecule has 32 heavy (non-hydrogen) atoms. The smallest absolute Gasteiger partial charge is 0.262 e. The van der Waals surface area contributed by atoms with Gasteiger partial charge in [0.25, 0.3) is 5.91 Å². The molecular formula is C25H28N4O3. The van der Waals surface area contributed by atoms with Crippen molar-refractivity contribution in [3.63, 3.8) is 0 Å². The topological polar surface area (TPSA) is 85.2 Å². The zero-order valence-electron chi connectivity index (χ0n) is 18.0. The first-order valence-corrected chi connectivity index (χ1v) is 11.0. The Hall–Kier alpha value is -3.61. The van der Waals surface area contributed by atoms with E-state index in [9.17, 15) is 9.59 Å². The summed E-state index contributed by atoms with van der Waals surface area (Å²) in [4.78, 5) is 24.5. The van der Waals surface area contributed by atoms with Crippen molar-refractivity contribution >= 4 is 17.5 Å². The van der Waals surface area contributed by atoms with Crippen LogP contribution in [0.3, 0.4) is 0 Å². The van der Waals surface area contributed by atoms with Gasteiger partial charge in [-0.2, -0.15) is 5.10 Å². The molecule has 7 heteroatoms. The minimum atomic E-state index is -0.283. The van der Waals surface area contributed by atoms with Crippen molar-refractivity contribution in [1.29, 1.82) is 0 Å². The third kappa shape index (κ3) is 6.20. The summed E-state index contributed by atoms with van der Waals surface area (Å²) in [7, 11) is 0. The van der Waals surface area contributed by atoms with Crippen LogP contribution in [0.1, 0.15) is 36.8 Å². The lowest BCUT2D eigenvalue weighted by molar-refractivity contribution is -0.122. The lowest BCUT2D eigenvalue weighted by Crippen LogP contribution is -2.35. The van der Waals surface area contributed by atoms with Gasteiger partial charge in [0.1, 0.15) is 12.3 Å². The fourth-order valence-corrected chi connectivity index (χ4v) is 3.95. The molecule has 7 nitrogen and oxygen atoms in total. The molecule has 0 atom stereocenters. The number of aromatic nitrogens is 2. The zero-order chi connectivity index (χ0) is 22.2. The minimum absolute atomic E-state index is 0.0590. The highest BCUT2D eigenvalue weighted by atomic mass is 16.5. The molecule has 2 amide bonds. The average Bonchev–Trinajstić information content (AvgIpc) is 3.46. The molecule has 1 aliphatic rings. The number of benzene rings is 2. The Morgan fingerprint density at radius 1 is 1.00 bits per heavy atom. The molecule has 1 aromatic heterocycles. The quantitative estimate of drug-likeness (QED) is 0.542. The first-order chi connectivity index (χ1) is 15.7. The van der Waals surface area contributed by atoms with Gasteiger partial charge in [0.05, 0.1) is 11.9 Å². The summed E-state index contributed by atoms with van der Waals surface area (Å²) in [6, 6.07) is 18.1. The highest BCUT2D eigenvalue weighted by Crippen LogP contribution is 2.21. The number of nitrogens with one attached hydrogen (secondary N) is 2. The van der Waals surface area contributed by atoms with Gasteiger partial charge in [-0.1, -0.05) is 61.4 Å². The van der Waals surface area contributed by atoms with E-state index in [-0.39, 0.29) is 31.0 Å². The van der Waals surface area contributed by atoms with Gasteiger partial charge in [-0.25, -0.2) is 0 Å². The summed E-state index contributed by atoms with van der Waals surface area (Å²) in [5, 5.41) is 9.96. The van der Waals surface area contributed by atoms with Crippen molar-refractivity contribution in [2.75, 3.05) is 11.9 Å². The van der Waals surface area contributed by atoms with Crippen LogP contribution >= 0.6 is 0 Å². The van der Waals surface area contributed by atoms with Crippen molar-refractivity contribution in [3.8, 4) is 5.75 Å². The summed E-state index contributed by atoms with van der Waals surface area (Å²) >= 11 is 0. The lowest BCUT2D eigenvalue weighted by Gasteiger charge is -2.12. The van der Waals surface area contributed by atoms with Gasteiger partial charge in [-0.15, -0.1) is 0 Å². The minimum Gasteiger partial charge on any atom is -0.483 e. The molecule has 2 aromatic carbocycles. The summed E-state index contributed by atoms with van der Waals surface area (Å²) < 4.78 is 7.31. The van der Waals surface area contributed by atoms with Crippen LogP contribution in [0.4, 0.5) is 5.69 Å². The summed E-state index contributed by atoms with van der Waals surface area (Å²) in [5.74, 6) is 0.344. The molecule has 2 N–H and O–H groups in total. The van der Waals surface area contributed by atoms with Gasteiger partial charge < -0.3 is 15.4 Å². The van der Waals surface area contributed by atoms with Crippen molar-refractivity contribution < 1.29 is 14.3 Å². The molecule has 3 aromatic rings. The Labute approximate surface area is 187 Å². The first kappa shape index (κ1) is 21.6. The Morgan fingerprint density at radius 3 is 2.56 bits per heavy atom. The highest BCUT2D eigenvalue weighted by molar-refractivity contribution is 5.91. The number of hydrogen-bond donors (Lipinski definition) is 2. The monoisotopic (exact) mass is 432 g/mol. The van der Waals surface area contributed by atoms with Gasteiger partial charge in [0, 0.05) is 18.7 Å².